The Morgan fingerprint density at radius 2 is 1.89 bits per heavy atom. The van der Waals surface area contributed by atoms with E-state index in [1.54, 1.807) is 0 Å². The first-order chi connectivity index (χ1) is 9.15. The van der Waals surface area contributed by atoms with Crippen LogP contribution in [-0.2, 0) is 11.2 Å². The third-order valence-electron chi connectivity index (χ3n) is 4.25. The number of hydrogen-bond acceptors (Lipinski definition) is 1. The molecule has 0 saturated heterocycles. The summed E-state index contributed by atoms with van der Waals surface area (Å²) in [4.78, 5) is 11.9. The third kappa shape index (κ3) is 4.38. The molecule has 0 radical (unpaired) electrons. The smallest absolute Gasteiger partial charge is 0.224 e. The summed E-state index contributed by atoms with van der Waals surface area (Å²) in [6, 6.07) is 6.27. The van der Waals surface area contributed by atoms with Crippen LogP contribution in [0.1, 0.15) is 48.8 Å². The second-order valence-corrected chi connectivity index (χ2v) is 5.90. The van der Waals surface area contributed by atoms with Crippen LogP contribution in [-0.4, -0.2) is 12.5 Å². The van der Waals surface area contributed by atoms with Crippen LogP contribution in [0.4, 0.5) is 0 Å². The third-order valence-corrected chi connectivity index (χ3v) is 4.25. The Labute approximate surface area is 116 Å². The maximum absolute atomic E-state index is 11.9. The molecule has 19 heavy (non-hydrogen) atoms. The van der Waals surface area contributed by atoms with E-state index < -0.39 is 0 Å². The molecule has 2 nitrogen and oxygen atoms in total. The number of hydrogen-bond donors (Lipinski definition) is 1. The highest BCUT2D eigenvalue weighted by Gasteiger charge is 2.14. The van der Waals surface area contributed by atoms with Crippen molar-refractivity contribution in [3.8, 4) is 0 Å². The van der Waals surface area contributed by atoms with Crippen LogP contribution in [0.2, 0.25) is 0 Å². The minimum atomic E-state index is 0.161. The molecular formula is C17H25NO. The predicted octanol–water partition coefficient (Wildman–Crippen LogP) is 3.54. The minimum Gasteiger partial charge on any atom is -0.356 e. The Balaban J connectivity index is 1.78. The summed E-state index contributed by atoms with van der Waals surface area (Å²) in [7, 11) is 0. The van der Waals surface area contributed by atoms with Gasteiger partial charge in [-0.1, -0.05) is 37.5 Å². The SMILES string of the molecule is Cc1ccc(CC(=O)NCC2CCCCC2)cc1C. The maximum Gasteiger partial charge on any atom is 0.224 e. The minimum absolute atomic E-state index is 0.161. The Kier molecular flexibility index (Phi) is 5.00. The lowest BCUT2D eigenvalue weighted by atomic mass is 9.89. The lowest BCUT2D eigenvalue weighted by Gasteiger charge is -2.21. The fourth-order valence-corrected chi connectivity index (χ4v) is 2.81. The topological polar surface area (TPSA) is 29.1 Å². The molecule has 1 N–H and O–H groups in total. The zero-order valence-corrected chi connectivity index (χ0v) is 12.2. The second-order valence-electron chi connectivity index (χ2n) is 5.90. The van der Waals surface area contributed by atoms with E-state index in [0.29, 0.717) is 12.3 Å². The molecule has 0 atom stereocenters. The normalized spacial score (nSPS) is 16.3. The average molecular weight is 259 g/mol. The molecule has 1 aliphatic carbocycles. The Bertz CT molecular complexity index is 433. The Morgan fingerprint density at radius 1 is 1.16 bits per heavy atom. The van der Waals surface area contributed by atoms with Crippen molar-refractivity contribution >= 4 is 5.91 Å². The number of nitrogens with one attached hydrogen (secondary N) is 1. The number of benzene rings is 1. The van der Waals surface area contributed by atoms with Crippen LogP contribution in [0.5, 0.6) is 0 Å². The summed E-state index contributed by atoms with van der Waals surface area (Å²) in [6.07, 6.45) is 7.10. The quantitative estimate of drug-likeness (QED) is 0.880. The first-order valence-corrected chi connectivity index (χ1v) is 7.48. The molecule has 1 aromatic rings. The zero-order chi connectivity index (χ0) is 13.7. The maximum atomic E-state index is 11.9. The van der Waals surface area contributed by atoms with Gasteiger partial charge < -0.3 is 5.32 Å². The number of carbonyl (C=O) groups excluding carboxylic acids is 1. The molecule has 0 heterocycles. The van der Waals surface area contributed by atoms with Crippen LogP contribution < -0.4 is 5.32 Å². The van der Waals surface area contributed by atoms with Crippen LogP contribution in [0.25, 0.3) is 0 Å². The van der Waals surface area contributed by atoms with Gasteiger partial charge in [-0.2, -0.15) is 0 Å². The molecule has 1 saturated carbocycles. The van der Waals surface area contributed by atoms with Gasteiger partial charge >= 0.3 is 0 Å². The standard InChI is InChI=1S/C17H25NO/c1-13-8-9-16(10-14(13)2)11-17(19)18-12-15-6-4-3-5-7-15/h8-10,15H,3-7,11-12H2,1-2H3,(H,18,19). The van der Waals surface area contributed by atoms with E-state index in [-0.39, 0.29) is 5.91 Å². The van der Waals surface area contributed by atoms with Crippen LogP contribution in [0, 0.1) is 19.8 Å². The van der Waals surface area contributed by atoms with Crippen LogP contribution in [0.15, 0.2) is 18.2 Å². The molecule has 2 rings (SSSR count). The zero-order valence-electron chi connectivity index (χ0n) is 12.2. The first-order valence-electron chi connectivity index (χ1n) is 7.48. The summed E-state index contributed by atoms with van der Waals surface area (Å²) in [5.41, 5.74) is 3.66. The fraction of sp³-hybridized carbons (Fsp3) is 0.588. The lowest BCUT2D eigenvalue weighted by molar-refractivity contribution is -0.120. The van der Waals surface area contributed by atoms with Gasteiger partial charge in [0.1, 0.15) is 0 Å². The highest BCUT2D eigenvalue weighted by atomic mass is 16.1. The Morgan fingerprint density at radius 3 is 2.58 bits per heavy atom. The van der Waals surface area contributed by atoms with E-state index in [2.05, 4.69) is 37.4 Å². The van der Waals surface area contributed by atoms with Gasteiger partial charge in [0.05, 0.1) is 6.42 Å². The van der Waals surface area contributed by atoms with Gasteiger partial charge in [0, 0.05) is 6.54 Å². The molecule has 2 heteroatoms. The second kappa shape index (κ2) is 6.74. The molecule has 0 aliphatic heterocycles. The van der Waals surface area contributed by atoms with Crippen molar-refractivity contribution in [2.75, 3.05) is 6.54 Å². The van der Waals surface area contributed by atoms with E-state index in [1.165, 1.54) is 43.2 Å². The molecule has 1 aromatic carbocycles. The van der Waals surface area contributed by atoms with Gasteiger partial charge in [0.15, 0.2) is 0 Å². The Hall–Kier alpha value is -1.31. The van der Waals surface area contributed by atoms with E-state index >= 15 is 0 Å². The van der Waals surface area contributed by atoms with Crippen molar-refractivity contribution in [1.29, 1.82) is 0 Å². The van der Waals surface area contributed by atoms with E-state index in [4.69, 9.17) is 0 Å². The van der Waals surface area contributed by atoms with Gasteiger partial charge in [-0.05, 0) is 49.3 Å². The summed E-state index contributed by atoms with van der Waals surface area (Å²) >= 11 is 0. The van der Waals surface area contributed by atoms with Crippen molar-refractivity contribution < 1.29 is 4.79 Å². The molecule has 104 valence electrons. The molecule has 0 bridgehead atoms. The molecule has 0 spiro atoms. The highest BCUT2D eigenvalue weighted by Crippen LogP contribution is 2.22. The highest BCUT2D eigenvalue weighted by molar-refractivity contribution is 5.78. The van der Waals surface area contributed by atoms with Gasteiger partial charge in [-0.15, -0.1) is 0 Å². The van der Waals surface area contributed by atoms with Gasteiger partial charge in [-0.3, -0.25) is 4.79 Å². The molecule has 1 fully saturated rings. The number of carbonyl (C=O) groups is 1. The van der Waals surface area contributed by atoms with Gasteiger partial charge in [0.25, 0.3) is 0 Å². The van der Waals surface area contributed by atoms with Crippen LogP contribution in [0.3, 0.4) is 0 Å². The molecule has 1 aliphatic rings. The number of rotatable bonds is 4. The molecular weight excluding hydrogens is 234 g/mol. The fourth-order valence-electron chi connectivity index (χ4n) is 2.81. The lowest BCUT2D eigenvalue weighted by Crippen LogP contribution is -2.31. The summed E-state index contributed by atoms with van der Waals surface area (Å²) < 4.78 is 0. The van der Waals surface area contributed by atoms with E-state index in [0.717, 1.165) is 12.1 Å². The van der Waals surface area contributed by atoms with Crippen molar-refractivity contribution in [1.82, 2.24) is 5.32 Å². The molecule has 0 unspecified atom stereocenters. The number of amides is 1. The van der Waals surface area contributed by atoms with Gasteiger partial charge in [0.2, 0.25) is 5.91 Å². The summed E-state index contributed by atoms with van der Waals surface area (Å²) in [5.74, 6) is 0.867. The van der Waals surface area contributed by atoms with Crippen molar-refractivity contribution in [2.24, 2.45) is 5.92 Å². The summed E-state index contributed by atoms with van der Waals surface area (Å²) in [5, 5.41) is 3.10. The largest absolute Gasteiger partial charge is 0.356 e. The van der Waals surface area contributed by atoms with Crippen molar-refractivity contribution in [2.45, 2.75) is 52.4 Å². The summed E-state index contributed by atoms with van der Waals surface area (Å²) in [6.45, 7) is 5.06. The van der Waals surface area contributed by atoms with Crippen LogP contribution >= 0.6 is 0 Å². The van der Waals surface area contributed by atoms with E-state index in [1.807, 2.05) is 0 Å². The van der Waals surface area contributed by atoms with Crippen molar-refractivity contribution in [3.05, 3.63) is 34.9 Å². The van der Waals surface area contributed by atoms with Gasteiger partial charge in [-0.25, -0.2) is 0 Å². The molecule has 0 aromatic heterocycles. The monoisotopic (exact) mass is 259 g/mol. The number of aryl methyl sites for hydroxylation is 2. The first kappa shape index (κ1) is 14.1. The average Bonchev–Trinajstić information content (AvgIpc) is 2.42. The van der Waals surface area contributed by atoms with Crippen molar-refractivity contribution in [3.63, 3.8) is 0 Å². The van der Waals surface area contributed by atoms with E-state index in [9.17, 15) is 4.79 Å². The predicted molar refractivity (Wildman–Crippen MR) is 79.2 cm³/mol. The molecule has 1 amide bonds.